The fourth-order valence-corrected chi connectivity index (χ4v) is 3.17. The van der Waals surface area contributed by atoms with Crippen molar-refractivity contribution < 1.29 is 4.74 Å². The second kappa shape index (κ2) is 4.08. The van der Waals surface area contributed by atoms with Crippen molar-refractivity contribution in [3.63, 3.8) is 0 Å². The molecule has 1 aliphatic rings. The first-order valence-electron chi connectivity index (χ1n) is 5.56. The molecule has 0 radical (unpaired) electrons. The second-order valence-corrected chi connectivity index (χ2v) is 5.97. The Labute approximate surface area is 119 Å². The lowest BCUT2D eigenvalue weighted by molar-refractivity contribution is 0.0834. The molecule has 0 spiro atoms. The van der Waals surface area contributed by atoms with E-state index in [9.17, 15) is 0 Å². The summed E-state index contributed by atoms with van der Waals surface area (Å²) in [7, 11) is 0. The molecule has 1 aromatic carbocycles. The highest BCUT2D eigenvalue weighted by atomic mass is 35.5. The monoisotopic (exact) mass is 300 g/mol. The number of aromatic nitrogens is 2. The topological polar surface area (TPSA) is 35.0 Å². The van der Waals surface area contributed by atoms with E-state index in [0.29, 0.717) is 15.8 Å². The summed E-state index contributed by atoms with van der Waals surface area (Å²) in [5.41, 5.74) is 1.32. The third kappa shape index (κ3) is 1.63. The standard InChI is InChI=1S/C12H10Cl2N2OS/c1-3-12(2)11-10(15-16-18-11)6-4-7(13)8(14)5-9(6)17-12/h4-5H,3H2,1-2H3. The Hall–Kier alpha value is -0.840. The molecule has 2 aromatic rings. The third-order valence-corrected chi connectivity index (χ3v) is 4.95. The zero-order valence-corrected chi connectivity index (χ0v) is 12.2. The van der Waals surface area contributed by atoms with Gasteiger partial charge in [-0.2, -0.15) is 0 Å². The predicted molar refractivity (Wildman–Crippen MR) is 73.6 cm³/mol. The fourth-order valence-electron chi connectivity index (χ4n) is 2.03. The molecule has 18 heavy (non-hydrogen) atoms. The third-order valence-electron chi connectivity index (χ3n) is 3.26. The van der Waals surface area contributed by atoms with Crippen LogP contribution in [-0.2, 0) is 5.60 Å². The van der Waals surface area contributed by atoms with E-state index in [1.165, 1.54) is 11.5 Å². The van der Waals surface area contributed by atoms with Gasteiger partial charge < -0.3 is 4.74 Å². The SMILES string of the molecule is CCC1(C)Oc2cc(Cl)c(Cl)cc2-c2nnsc21. The molecule has 1 unspecified atom stereocenters. The number of hydrogen-bond donors (Lipinski definition) is 0. The molecule has 0 bridgehead atoms. The van der Waals surface area contributed by atoms with E-state index in [1.807, 2.05) is 6.92 Å². The molecule has 3 rings (SSSR count). The lowest BCUT2D eigenvalue weighted by atomic mass is 9.93. The van der Waals surface area contributed by atoms with Crippen LogP contribution in [0.4, 0.5) is 0 Å². The minimum Gasteiger partial charge on any atom is -0.481 e. The van der Waals surface area contributed by atoms with Crippen LogP contribution >= 0.6 is 34.7 Å². The minimum atomic E-state index is -0.395. The number of nitrogens with zero attached hydrogens (tertiary/aromatic N) is 2. The van der Waals surface area contributed by atoms with Gasteiger partial charge in [-0.15, -0.1) is 5.10 Å². The highest BCUT2D eigenvalue weighted by Crippen LogP contribution is 2.49. The quantitative estimate of drug-likeness (QED) is 0.776. The zero-order valence-electron chi connectivity index (χ0n) is 9.83. The van der Waals surface area contributed by atoms with Crippen molar-refractivity contribution in [3.8, 4) is 17.0 Å². The number of rotatable bonds is 1. The molecule has 0 fully saturated rings. The Balaban J connectivity index is 2.28. The molecule has 0 saturated carbocycles. The summed E-state index contributed by atoms with van der Waals surface area (Å²) in [5, 5.41) is 5.18. The van der Waals surface area contributed by atoms with Gasteiger partial charge in [-0.05, 0) is 30.9 Å². The Morgan fingerprint density at radius 3 is 2.78 bits per heavy atom. The normalized spacial score (nSPS) is 21.1. The molecule has 1 aromatic heterocycles. The Morgan fingerprint density at radius 1 is 1.33 bits per heavy atom. The molecule has 0 saturated heterocycles. The number of halogens is 2. The lowest BCUT2D eigenvalue weighted by Crippen LogP contribution is -2.31. The maximum absolute atomic E-state index is 6.08. The van der Waals surface area contributed by atoms with Gasteiger partial charge in [-0.1, -0.05) is 34.6 Å². The maximum Gasteiger partial charge on any atom is 0.144 e. The molecule has 0 amide bonds. The number of benzene rings is 1. The molecule has 0 aliphatic carbocycles. The number of ether oxygens (including phenoxy) is 1. The van der Waals surface area contributed by atoms with E-state index in [-0.39, 0.29) is 0 Å². The van der Waals surface area contributed by atoms with Gasteiger partial charge in [0.2, 0.25) is 0 Å². The molecule has 6 heteroatoms. The average Bonchev–Trinajstić information content (AvgIpc) is 2.82. The first-order chi connectivity index (χ1) is 8.55. The maximum atomic E-state index is 6.08. The molecule has 0 N–H and O–H groups in total. The van der Waals surface area contributed by atoms with Gasteiger partial charge in [-0.3, -0.25) is 0 Å². The fraction of sp³-hybridized carbons (Fsp3) is 0.333. The molecule has 1 atom stereocenters. The number of hydrogen-bond acceptors (Lipinski definition) is 4. The Bertz CT molecular complexity index is 629. The van der Waals surface area contributed by atoms with E-state index in [2.05, 4.69) is 16.5 Å². The smallest absolute Gasteiger partial charge is 0.144 e. The van der Waals surface area contributed by atoms with Crippen molar-refractivity contribution in [2.45, 2.75) is 25.9 Å². The van der Waals surface area contributed by atoms with Gasteiger partial charge in [0.05, 0.1) is 14.9 Å². The first kappa shape index (κ1) is 12.2. The highest BCUT2D eigenvalue weighted by molar-refractivity contribution is 7.06. The van der Waals surface area contributed by atoms with Crippen molar-refractivity contribution in [1.29, 1.82) is 0 Å². The summed E-state index contributed by atoms with van der Waals surface area (Å²) in [6, 6.07) is 3.53. The van der Waals surface area contributed by atoms with E-state index >= 15 is 0 Å². The van der Waals surface area contributed by atoms with Crippen LogP contribution in [0.25, 0.3) is 11.3 Å². The molecule has 94 valence electrons. The summed E-state index contributed by atoms with van der Waals surface area (Å²) in [4.78, 5) is 1.04. The van der Waals surface area contributed by atoms with Gasteiger partial charge in [0.25, 0.3) is 0 Å². The van der Waals surface area contributed by atoms with Crippen molar-refractivity contribution >= 4 is 34.7 Å². The summed E-state index contributed by atoms with van der Waals surface area (Å²) >= 11 is 13.5. The average molecular weight is 301 g/mol. The van der Waals surface area contributed by atoms with E-state index < -0.39 is 5.60 Å². The van der Waals surface area contributed by atoms with Crippen LogP contribution in [0.1, 0.15) is 25.1 Å². The van der Waals surface area contributed by atoms with Gasteiger partial charge in [-0.25, -0.2) is 0 Å². The molecule has 1 aliphatic heterocycles. The van der Waals surface area contributed by atoms with Crippen molar-refractivity contribution in [2.24, 2.45) is 0 Å². The summed E-state index contributed by atoms with van der Waals surface area (Å²) < 4.78 is 10.1. The van der Waals surface area contributed by atoms with E-state index in [0.717, 1.165) is 22.6 Å². The van der Waals surface area contributed by atoms with Crippen molar-refractivity contribution in [3.05, 3.63) is 27.1 Å². The van der Waals surface area contributed by atoms with Crippen LogP contribution < -0.4 is 4.74 Å². The largest absolute Gasteiger partial charge is 0.481 e. The van der Waals surface area contributed by atoms with Gasteiger partial charge in [0.15, 0.2) is 0 Å². The molecular formula is C12H10Cl2N2OS. The van der Waals surface area contributed by atoms with Crippen LogP contribution in [0.2, 0.25) is 10.0 Å². The molecule has 2 heterocycles. The Kier molecular flexibility index (Phi) is 2.77. The Morgan fingerprint density at radius 2 is 2.06 bits per heavy atom. The summed E-state index contributed by atoms with van der Waals surface area (Å²) in [5.74, 6) is 0.717. The van der Waals surface area contributed by atoms with Crippen LogP contribution in [0, 0.1) is 0 Å². The van der Waals surface area contributed by atoms with Crippen LogP contribution in [0.15, 0.2) is 12.1 Å². The zero-order chi connectivity index (χ0) is 12.9. The van der Waals surface area contributed by atoms with Crippen LogP contribution in [-0.4, -0.2) is 9.59 Å². The lowest BCUT2D eigenvalue weighted by Gasteiger charge is -2.33. The summed E-state index contributed by atoms with van der Waals surface area (Å²) in [6.07, 6.45) is 0.837. The van der Waals surface area contributed by atoms with Crippen molar-refractivity contribution in [2.75, 3.05) is 0 Å². The summed E-state index contributed by atoms with van der Waals surface area (Å²) in [6.45, 7) is 4.11. The van der Waals surface area contributed by atoms with E-state index in [4.69, 9.17) is 27.9 Å². The van der Waals surface area contributed by atoms with Crippen LogP contribution in [0.3, 0.4) is 0 Å². The predicted octanol–water partition coefficient (Wildman–Crippen LogP) is 4.53. The highest BCUT2D eigenvalue weighted by Gasteiger charge is 2.38. The van der Waals surface area contributed by atoms with Gasteiger partial charge >= 0.3 is 0 Å². The van der Waals surface area contributed by atoms with E-state index in [1.54, 1.807) is 12.1 Å². The molecule has 3 nitrogen and oxygen atoms in total. The first-order valence-corrected chi connectivity index (χ1v) is 7.09. The van der Waals surface area contributed by atoms with Gasteiger partial charge in [0, 0.05) is 11.6 Å². The number of fused-ring (bicyclic) bond motifs is 3. The van der Waals surface area contributed by atoms with Gasteiger partial charge in [0.1, 0.15) is 17.0 Å². The minimum absolute atomic E-state index is 0.395. The van der Waals surface area contributed by atoms with Crippen LogP contribution in [0.5, 0.6) is 5.75 Å². The van der Waals surface area contributed by atoms with Crippen molar-refractivity contribution in [1.82, 2.24) is 9.59 Å². The second-order valence-electron chi connectivity index (χ2n) is 4.40. The molecular weight excluding hydrogens is 291 g/mol.